The smallest absolute Gasteiger partial charge is 0.314 e. The number of para-hydroxylation sites is 1. The highest BCUT2D eigenvalue weighted by Crippen LogP contribution is 2.19. The van der Waals surface area contributed by atoms with Gasteiger partial charge in [-0.25, -0.2) is 0 Å². The largest absolute Gasteiger partial charge is 0.397 e. The van der Waals surface area contributed by atoms with E-state index in [0.29, 0.717) is 17.1 Å². The predicted octanol–water partition coefficient (Wildman–Crippen LogP) is 2.46. The summed E-state index contributed by atoms with van der Waals surface area (Å²) in [5.74, 6) is -1.49. The van der Waals surface area contributed by atoms with Gasteiger partial charge in [0.2, 0.25) is 0 Å². The Morgan fingerprint density at radius 3 is 2.14 bits per heavy atom. The highest BCUT2D eigenvalue weighted by Gasteiger charge is 2.15. The molecule has 5 heteroatoms. The maximum absolute atomic E-state index is 11.9. The number of carbonyl (C=O) groups excluding carboxylic acids is 2. The summed E-state index contributed by atoms with van der Waals surface area (Å²) >= 11 is 0. The third-order valence-electron chi connectivity index (χ3n) is 3.05. The number of nitrogens with one attached hydrogen (secondary N) is 2. The zero-order chi connectivity index (χ0) is 15.4. The SMILES string of the molecule is Cc1ccc(NC(=O)C(=O)Nc2ccccc2C)c(N)c1. The molecule has 0 aliphatic rings. The summed E-state index contributed by atoms with van der Waals surface area (Å²) < 4.78 is 0. The second-order valence-corrected chi connectivity index (χ2v) is 4.81. The Balaban J connectivity index is 2.06. The second-order valence-electron chi connectivity index (χ2n) is 4.81. The number of nitrogen functional groups attached to an aromatic ring is 1. The average molecular weight is 283 g/mol. The monoisotopic (exact) mass is 283 g/mol. The molecule has 2 aromatic rings. The number of benzene rings is 2. The Labute approximate surface area is 123 Å². The molecule has 0 fully saturated rings. The van der Waals surface area contributed by atoms with Gasteiger partial charge in [-0.05, 0) is 43.2 Å². The first-order valence-electron chi connectivity index (χ1n) is 6.51. The summed E-state index contributed by atoms with van der Waals surface area (Å²) in [6, 6.07) is 12.5. The molecule has 0 heterocycles. The number of rotatable bonds is 2. The van der Waals surface area contributed by atoms with Gasteiger partial charge in [-0.15, -0.1) is 0 Å². The number of hydrogen-bond donors (Lipinski definition) is 3. The third-order valence-corrected chi connectivity index (χ3v) is 3.05. The normalized spacial score (nSPS) is 10.0. The maximum Gasteiger partial charge on any atom is 0.314 e. The highest BCUT2D eigenvalue weighted by atomic mass is 16.2. The topological polar surface area (TPSA) is 84.2 Å². The minimum Gasteiger partial charge on any atom is -0.397 e. The molecule has 0 aliphatic heterocycles. The molecule has 0 radical (unpaired) electrons. The van der Waals surface area contributed by atoms with Crippen molar-refractivity contribution in [2.75, 3.05) is 16.4 Å². The minimum atomic E-state index is -0.756. The van der Waals surface area contributed by atoms with Crippen LogP contribution in [0.25, 0.3) is 0 Å². The Morgan fingerprint density at radius 2 is 1.52 bits per heavy atom. The van der Waals surface area contributed by atoms with Crippen molar-refractivity contribution in [2.24, 2.45) is 0 Å². The van der Waals surface area contributed by atoms with E-state index < -0.39 is 11.8 Å². The number of anilines is 3. The van der Waals surface area contributed by atoms with E-state index in [1.54, 1.807) is 24.3 Å². The second kappa shape index (κ2) is 6.09. The van der Waals surface area contributed by atoms with E-state index in [9.17, 15) is 9.59 Å². The first-order chi connectivity index (χ1) is 9.97. The fraction of sp³-hybridized carbons (Fsp3) is 0.125. The van der Waals surface area contributed by atoms with Crippen molar-refractivity contribution in [1.82, 2.24) is 0 Å². The van der Waals surface area contributed by atoms with Crippen LogP contribution in [0.4, 0.5) is 17.1 Å². The molecular weight excluding hydrogens is 266 g/mol. The third kappa shape index (κ3) is 3.60. The van der Waals surface area contributed by atoms with E-state index in [1.807, 2.05) is 32.0 Å². The molecule has 2 aromatic carbocycles. The lowest BCUT2D eigenvalue weighted by Gasteiger charge is -2.10. The fourth-order valence-corrected chi connectivity index (χ4v) is 1.87. The van der Waals surface area contributed by atoms with Crippen LogP contribution in [0, 0.1) is 13.8 Å². The quantitative estimate of drug-likeness (QED) is 0.584. The van der Waals surface area contributed by atoms with Gasteiger partial charge in [0.05, 0.1) is 11.4 Å². The van der Waals surface area contributed by atoms with Crippen LogP contribution >= 0.6 is 0 Å². The fourth-order valence-electron chi connectivity index (χ4n) is 1.87. The first kappa shape index (κ1) is 14.6. The maximum atomic E-state index is 11.9. The Morgan fingerprint density at radius 1 is 0.905 bits per heavy atom. The summed E-state index contributed by atoms with van der Waals surface area (Å²) in [6.45, 7) is 3.75. The van der Waals surface area contributed by atoms with Crippen molar-refractivity contribution >= 4 is 28.9 Å². The van der Waals surface area contributed by atoms with E-state index >= 15 is 0 Å². The van der Waals surface area contributed by atoms with Crippen molar-refractivity contribution in [1.29, 1.82) is 0 Å². The summed E-state index contributed by atoms with van der Waals surface area (Å²) in [6.07, 6.45) is 0. The van der Waals surface area contributed by atoms with Crippen molar-refractivity contribution in [3.63, 3.8) is 0 Å². The Bertz CT molecular complexity index is 696. The summed E-state index contributed by atoms with van der Waals surface area (Å²) in [7, 11) is 0. The molecule has 5 nitrogen and oxygen atoms in total. The van der Waals surface area contributed by atoms with E-state index in [-0.39, 0.29) is 0 Å². The molecule has 108 valence electrons. The minimum absolute atomic E-state index is 0.422. The van der Waals surface area contributed by atoms with E-state index in [1.165, 1.54) is 0 Å². The number of aryl methyl sites for hydroxylation is 2. The molecule has 0 aliphatic carbocycles. The van der Waals surface area contributed by atoms with Gasteiger partial charge in [-0.3, -0.25) is 9.59 Å². The van der Waals surface area contributed by atoms with Gasteiger partial charge in [0.15, 0.2) is 0 Å². The van der Waals surface area contributed by atoms with E-state index in [2.05, 4.69) is 10.6 Å². The van der Waals surface area contributed by atoms with Crippen molar-refractivity contribution < 1.29 is 9.59 Å². The molecule has 0 unspecified atom stereocenters. The number of amides is 2. The first-order valence-corrected chi connectivity index (χ1v) is 6.51. The number of carbonyl (C=O) groups is 2. The molecule has 2 amide bonds. The molecule has 4 N–H and O–H groups in total. The molecule has 0 saturated heterocycles. The molecule has 0 aromatic heterocycles. The highest BCUT2D eigenvalue weighted by molar-refractivity contribution is 6.44. The molecule has 0 bridgehead atoms. The predicted molar refractivity (Wildman–Crippen MR) is 84.0 cm³/mol. The van der Waals surface area contributed by atoms with Crippen LogP contribution in [0.15, 0.2) is 42.5 Å². The Kier molecular flexibility index (Phi) is 4.23. The number of nitrogens with two attached hydrogens (primary N) is 1. The summed E-state index contributed by atoms with van der Waals surface area (Å²) in [5.41, 5.74) is 9.12. The molecule has 2 rings (SSSR count). The van der Waals surface area contributed by atoms with Crippen molar-refractivity contribution in [3.8, 4) is 0 Å². The molecule has 0 saturated carbocycles. The lowest BCUT2D eigenvalue weighted by Crippen LogP contribution is -2.29. The van der Waals surface area contributed by atoms with Crippen LogP contribution in [0.5, 0.6) is 0 Å². The summed E-state index contributed by atoms with van der Waals surface area (Å²) in [5, 5.41) is 5.07. The van der Waals surface area contributed by atoms with Crippen molar-refractivity contribution in [2.45, 2.75) is 13.8 Å². The van der Waals surface area contributed by atoms with Crippen LogP contribution in [-0.2, 0) is 9.59 Å². The zero-order valence-corrected chi connectivity index (χ0v) is 11.9. The van der Waals surface area contributed by atoms with E-state index in [4.69, 9.17) is 5.73 Å². The molecule has 0 atom stereocenters. The van der Waals surface area contributed by atoms with Gasteiger partial charge in [0, 0.05) is 5.69 Å². The molecular formula is C16H17N3O2. The van der Waals surface area contributed by atoms with Gasteiger partial charge in [0.25, 0.3) is 0 Å². The van der Waals surface area contributed by atoms with Crippen LogP contribution in [0.1, 0.15) is 11.1 Å². The van der Waals surface area contributed by atoms with Crippen LogP contribution in [0.3, 0.4) is 0 Å². The van der Waals surface area contributed by atoms with Crippen LogP contribution in [0.2, 0.25) is 0 Å². The zero-order valence-electron chi connectivity index (χ0n) is 11.9. The lowest BCUT2D eigenvalue weighted by molar-refractivity contribution is -0.132. The average Bonchev–Trinajstić information content (AvgIpc) is 2.44. The van der Waals surface area contributed by atoms with Gasteiger partial charge >= 0.3 is 11.8 Å². The Hall–Kier alpha value is -2.82. The van der Waals surface area contributed by atoms with Crippen molar-refractivity contribution in [3.05, 3.63) is 53.6 Å². The van der Waals surface area contributed by atoms with Crippen LogP contribution in [-0.4, -0.2) is 11.8 Å². The number of hydrogen-bond acceptors (Lipinski definition) is 3. The summed E-state index contributed by atoms with van der Waals surface area (Å²) in [4.78, 5) is 23.8. The standard InChI is InChI=1S/C16H17N3O2/c1-10-7-8-14(12(17)9-10)19-16(21)15(20)18-13-6-4-3-5-11(13)2/h3-9H,17H2,1-2H3,(H,18,20)(H,19,21). The van der Waals surface area contributed by atoms with Gasteiger partial charge in [-0.2, -0.15) is 0 Å². The molecule has 0 spiro atoms. The molecule has 21 heavy (non-hydrogen) atoms. The van der Waals surface area contributed by atoms with Crippen LogP contribution < -0.4 is 16.4 Å². The van der Waals surface area contributed by atoms with E-state index in [0.717, 1.165) is 11.1 Å². The lowest BCUT2D eigenvalue weighted by atomic mass is 10.2. The van der Waals surface area contributed by atoms with Gasteiger partial charge in [-0.1, -0.05) is 24.3 Å². The van der Waals surface area contributed by atoms with Gasteiger partial charge < -0.3 is 16.4 Å². The van der Waals surface area contributed by atoms with Gasteiger partial charge in [0.1, 0.15) is 0 Å².